The van der Waals surface area contributed by atoms with Gasteiger partial charge >= 0.3 is 0 Å². The minimum absolute atomic E-state index is 0.0698. The Morgan fingerprint density at radius 3 is 2.44 bits per heavy atom. The summed E-state index contributed by atoms with van der Waals surface area (Å²) in [5, 5.41) is 3.10. The lowest BCUT2D eigenvalue weighted by Crippen LogP contribution is -2.17. The minimum atomic E-state index is -0.0698. The van der Waals surface area contributed by atoms with Gasteiger partial charge in [0.05, 0.1) is 0 Å². The number of anilines is 2. The molecule has 94 valence electrons. The van der Waals surface area contributed by atoms with E-state index < -0.39 is 0 Å². The van der Waals surface area contributed by atoms with Crippen molar-refractivity contribution in [1.29, 1.82) is 0 Å². The lowest BCUT2D eigenvalue weighted by molar-refractivity contribution is 0.967. The summed E-state index contributed by atoms with van der Waals surface area (Å²) >= 11 is 0. The standard InChI is InChI=1S/C14H17N3O/c1-4-12-10(3)15-14(17-13(12)18)16-11-7-5-9(2)6-8-11/h5-8H,4H2,1-3H3,(H2,15,16,17,18). The maximum atomic E-state index is 11.8. The molecule has 18 heavy (non-hydrogen) atoms. The van der Waals surface area contributed by atoms with Crippen molar-refractivity contribution in [3.63, 3.8) is 0 Å². The third-order valence-electron chi connectivity index (χ3n) is 2.89. The molecular weight excluding hydrogens is 226 g/mol. The molecule has 0 bridgehead atoms. The number of nitrogens with zero attached hydrogens (tertiary/aromatic N) is 1. The molecule has 1 aromatic heterocycles. The fourth-order valence-corrected chi connectivity index (χ4v) is 1.86. The first-order chi connectivity index (χ1) is 8.60. The lowest BCUT2D eigenvalue weighted by Gasteiger charge is -2.08. The molecule has 0 saturated carbocycles. The second kappa shape index (κ2) is 5.04. The van der Waals surface area contributed by atoms with Crippen molar-refractivity contribution in [2.24, 2.45) is 0 Å². The molecule has 0 fully saturated rings. The molecule has 4 nitrogen and oxygen atoms in total. The van der Waals surface area contributed by atoms with Crippen LogP contribution in [0.4, 0.5) is 11.6 Å². The first kappa shape index (κ1) is 12.4. The van der Waals surface area contributed by atoms with Crippen LogP contribution in [0.25, 0.3) is 0 Å². The quantitative estimate of drug-likeness (QED) is 0.871. The molecule has 0 spiro atoms. The Morgan fingerprint density at radius 2 is 1.89 bits per heavy atom. The summed E-state index contributed by atoms with van der Waals surface area (Å²) in [4.78, 5) is 18.9. The highest BCUT2D eigenvalue weighted by atomic mass is 16.1. The Bertz CT molecular complexity index is 599. The van der Waals surface area contributed by atoms with Crippen molar-refractivity contribution in [2.75, 3.05) is 5.32 Å². The third kappa shape index (κ3) is 2.59. The van der Waals surface area contributed by atoms with E-state index in [9.17, 15) is 4.79 Å². The number of H-pyrrole nitrogens is 1. The van der Waals surface area contributed by atoms with Crippen LogP contribution in [0.2, 0.25) is 0 Å². The number of aryl methyl sites for hydroxylation is 2. The van der Waals surface area contributed by atoms with E-state index in [-0.39, 0.29) is 5.56 Å². The number of nitrogens with one attached hydrogen (secondary N) is 2. The molecule has 0 amide bonds. The van der Waals surface area contributed by atoms with Crippen LogP contribution in [0.5, 0.6) is 0 Å². The third-order valence-corrected chi connectivity index (χ3v) is 2.89. The largest absolute Gasteiger partial charge is 0.326 e. The van der Waals surface area contributed by atoms with Gasteiger partial charge in [-0.25, -0.2) is 4.98 Å². The fourth-order valence-electron chi connectivity index (χ4n) is 1.86. The van der Waals surface area contributed by atoms with Crippen LogP contribution in [-0.4, -0.2) is 9.97 Å². The van der Waals surface area contributed by atoms with Crippen LogP contribution in [-0.2, 0) is 6.42 Å². The molecule has 0 saturated heterocycles. The molecule has 1 aromatic carbocycles. The summed E-state index contributed by atoms with van der Waals surface area (Å²) in [6.45, 7) is 5.84. The topological polar surface area (TPSA) is 57.8 Å². The summed E-state index contributed by atoms with van der Waals surface area (Å²) in [5.74, 6) is 0.485. The van der Waals surface area contributed by atoms with E-state index in [1.165, 1.54) is 5.56 Å². The average molecular weight is 243 g/mol. The normalized spacial score (nSPS) is 10.4. The van der Waals surface area contributed by atoms with Crippen LogP contribution in [0.15, 0.2) is 29.1 Å². The first-order valence-corrected chi connectivity index (χ1v) is 6.03. The minimum Gasteiger partial charge on any atom is -0.326 e. The molecule has 2 N–H and O–H groups in total. The highest BCUT2D eigenvalue weighted by molar-refractivity contribution is 5.53. The van der Waals surface area contributed by atoms with Gasteiger partial charge in [0.1, 0.15) is 0 Å². The molecule has 0 aliphatic heterocycles. The van der Waals surface area contributed by atoms with Crippen molar-refractivity contribution < 1.29 is 0 Å². The van der Waals surface area contributed by atoms with Crippen molar-refractivity contribution in [1.82, 2.24) is 9.97 Å². The zero-order valence-electron chi connectivity index (χ0n) is 10.9. The average Bonchev–Trinajstić information content (AvgIpc) is 2.32. The van der Waals surface area contributed by atoms with Crippen molar-refractivity contribution in [3.8, 4) is 0 Å². The summed E-state index contributed by atoms with van der Waals surface area (Å²) in [5.41, 5.74) is 3.55. The monoisotopic (exact) mass is 243 g/mol. The van der Waals surface area contributed by atoms with E-state index in [0.29, 0.717) is 12.4 Å². The van der Waals surface area contributed by atoms with E-state index in [1.54, 1.807) is 0 Å². The molecule has 0 atom stereocenters. The van der Waals surface area contributed by atoms with Crippen LogP contribution >= 0.6 is 0 Å². The van der Waals surface area contributed by atoms with Gasteiger partial charge in [0.2, 0.25) is 5.95 Å². The van der Waals surface area contributed by atoms with Gasteiger partial charge in [-0.05, 0) is 32.4 Å². The van der Waals surface area contributed by atoms with Gasteiger partial charge in [0, 0.05) is 16.9 Å². The zero-order valence-corrected chi connectivity index (χ0v) is 10.9. The van der Waals surface area contributed by atoms with Crippen molar-refractivity contribution >= 4 is 11.6 Å². The van der Waals surface area contributed by atoms with Gasteiger partial charge in [-0.3, -0.25) is 9.78 Å². The predicted octanol–water partition coefficient (Wildman–Crippen LogP) is 2.69. The summed E-state index contributed by atoms with van der Waals surface area (Å²) in [6.07, 6.45) is 0.693. The highest BCUT2D eigenvalue weighted by Gasteiger charge is 2.05. The molecule has 2 rings (SSSR count). The lowest BCUT2D eigenvalue weighted by atomic mass is 10.2. The summed E-state index contributed by atoms with van der Waals surface area (Å²) in [7, 11) is 0. The molecule has 0 radical (unpaired) electrons. The van der Waals surface area contributed by atoms with Crippen LogP contribution in [0, 0.1) is 13.8 Å². The maximum absolute atomic E-state index is 11.8. The van der Waals surface area contributed by atoms with E-state index in [4.69, 9.17) is 0 Å². The van der Waals surface area contributed by atoms with Gasteiger partial charge in [0.25, 0.3) is 5.56 Å². The zero-order chi connectivity index (χ0) is 13.1. The summed E-state index contributed by atoms with van der Waals surface area (Å²) in [6, 6.07) is 7.93. The Balaban J connectivity index is 2.30. The second-order valence-corrected chi connectivity index (χ2v) is 4.32. The van der Waals surface area contributed by atoms with Gasteiger partial charge in [-0.2, -0.15) is 0 Å². The Hall–Kier alpha value is -2.10. The van der Waals surface area contributed by atoms with E-state index in [0.717, 1.165) is 16.9 Å². The predicted molar refractivity (Wildman–Crippen MR) is 73.4 cm³/mol. The number of hydrogen-bond donors (Lipinski definition) is 2. The fraction of sp³-hybridized carbons (Fsp3) is 0.286. The smallest absolute Gasteiger partial charge is 0.255 e. The molecule has 0 aliphatic rings. The number of rotatable bonds is 3. The van der Waals surface area contributed by atoms with Crippen molar-refractivity contribution in [2.45, 2.75) is 27.2 Å². The van der Waals surface area contributed by atoms with Crippen molar-refractivity contribution in [3.05, 3.63) is 51.4 Å². The Kier molecular flexibility index (Phi) is 3.46. The number of aromatic amines is 1. The molecule has 0 unspecified atom stereocenters. The molecule has 1 heterocycles. The number of hydrogen-bond acceptors (Lipinski definition) is 3. The number of aromatic nitrogens is 2. The molecule has 4 heteroatoms. The van der Waals surface area contributed by atoms with E-state index in [2.05, 4.69) is 15.3 Å². The van der Waals surface area contributed by atoms with E-state index >= 15 is 0 Å². The first-order valence-electron chi connectivity index (χ1n) is 6.03. The molecular formula is C14H17N3O. The summed E-state index contributed by atoms with van der Waals surface area (Å²) < 4.78 is 0. The van der Waals surface area contributed by atoms with Gasteiger partial charge < -0.3 is 5.32 Å². The van der Waals surface area contributed by atoms with Crippen LogP contribution < -0.4 is 10.9 Å². The molecule has 0 aliphatic carbocycles. The van der Waals surface area contributed by atoms with E-state index in [1.807, 2.05) is 45.0 Å². The Labute approximate surface area is 106 Å². The number of benzene rings is 1. The highest BCUT2D eigenvalue weighted by Crippen LogP contribution is 2.13. The SMILES string of the molecule is CCc1c(C)nc(Nc2ccc(C)cc2)[nH]c1=O. The van der Waals surface area contributed by atoms with Gasteiger partial charge in [-0.1, -0.05) is 24.6 Å². The van der Waals surface area contributed by atoms with Crippen LogP contribution in [0.1, 0.15) is 23.7 Å². The molecule has 2 aromatic rings. The van der Waals surface area contributed by atoms with Crippen LogP contribution in [0.3, 0.4) is 0 Å². The maximum Gasteiger partial charge on any atom is 0.255 e. The Morgan fingerprint density at radius 1 is 1.22 bits per heavy atom. The van der Waals surface area contributed by atoms with Gasteiger partial charge in [0.15, 0.2) is 0 Å². The second-order valence-electron chi connectivity index (χ2n) is 4.32. The van der Waals surface area contributed by atoms with Gasteiger partial charge in [-0.15, -0.1) is 0 Å².